The van der Waals surface area contributed by atoms with Crippen molar-refractivity contribution in [1.82, 2.24) is 9.13 Å². The zero-order valence-electron chi connectivity index (χ0n) is 26.9. The van der Waals surface area contributed by atoms with Crippen molar-refractivity contribution in [2.45, 2.75) is 6.92 Å². The number of nitriles is 4. The van der Waals surface area contributed by atoms with Gasteiger partial charge in [-0.25, -0.2) is 9.69 Å². The van der Waals surface area contributed by atoms with Crippen LogP contribution in [0.2, 0.25) is 0 Å². The van der Waals surface area contributed by atoms with Gasteiger partial charge in [-0.1, -0.05) is 42.5 Å². The molecule has 0 amide bonds. The van der Waals surface area contributed by atoms with Crippen molar-refractivity contribution in [3.05, 3.63) is 154 Å². The summed E-state index contributed by atoms with van der Waals surface area (Å²) in [6.07, 6.45) is 0. The van der Waals surface area contributed by atoms with Crippen LogP contribution in [0, 0.1) is 65.4 Å². The molecular formula is C43H20N8. The van der Waals surface area contributed by atoms with E-state index in [1.54, 1.807) is 60.7 Å². The molecule has 0 unspecified atom stereocenters. The number of nitrogens with zero attached hydrogens (tertiary/aromatic N) is 8. The first-order valence-corrected chi connectivity index (χ1v) is 15.7. The van der Waals surface area contributed by atoms with E-state index in [0.717, 1.165) is 32.7 Å². The third-order valence-electron chi connectivity index (χ3n) is 9.25. The van der Waals surface area contributed by atoms with E-state index in [9.17, 15) is 21.0 Å². The molecule has 0 atom stereocenters. The predicted molar refractivity (Wildman–Crippen MR) is 197 cm³/mol. The zero-order valence-corrected chi connectivity index (χ0v) is 26.9. The summed E-state index contributed by atoms with van der Waals surface area (Å²) in [4.78, 5) is 7.38. The van der Waals surface area contributed by atoms with Crippen LogP contribution in [0.25, 0.3) is 75.8 Å². The van der Waals surface area contributed by atoms with Gasteiger partial charge in [0.15, 0.2) is 11.4 Å². The second-order valence-corrected chi connectivity index (χ2v) is 12.2. The van der Waals surface area contributed by atoms with Crippen LogP contribution in [0.5, 0.6) is 0 Å². The third-order valence-corrected chi connectivity index (χ3v) is 9.25. The Hall–Kier alpha value is -8.14. The van der Waals surface area contributed by atoms with Crippen molar-refractivity contribution in [2.75, 3.05) is 0 Å². The molecule has 0 N–H and O–H groups in total. The molecule has 51 heavy (non-hydrogen) atoms. The van der Waals surface area contributed by atoms with Gasteiger partial charge >= 0.3 is 0 Å². The summed E-state index contributed by atoms with van der Waals surface area (Å²) in [6, 6.07) is 40.2. The number of rotatable bonds is 3. The van der Waals surface area contributed by atoms with Gasteiger partial charge in [-0.2, -0.15) is 21.0 Å². The van der Waals surface area contributed by atoms with Gasteiger partial charge in [0.05, 0.1) is 70.5 Å². The summed E-state index contributed by atoms with van der Waals surface area (Å²) in [7, 11) is 0. The van der Waals surface area contributed by atoms with Crippen molar-refractivity contribution in [3.8, 4) is 46.8 Å². The average molecular weight is 649 g/mol. The van der Waals surface area contributed by atoms with Crippen molar-refractivity contribution in [1.29, 1.82) is 21.0 Å². The molecule has 2 aromatic heterocycles. The Kier molecular flexibility index (Phi) is 6.83. The van der Waals surface area contributed by atoms with Gasteiger partial charge in [0.25, 0.3) is 0 Å². The minimum atomic E-state index is 0.288. The monoisotopic (exact) mass is 648 g/mol. The quantitative estimate of drug-likeness (QED) is 0.177. The van der Waals surface area contributed by atoms with Crippen LogP contribution < -0.4 is 0 Å². The van der Waals surface area contributed by atoms with Crippen LogP contribution >= 0.6 is 0 Å². The van der Waals surface area contributed by atoms with E-state index >= 15 is 0 Å². The number of benzene rings is 6. The second kappa shape index (κ2) is 11.5. The first-order chi connectivity index (χ1) is 24.9. The normalized spacial score (nSPS) is 10.7. The first kappa shape index (κ1) is 30.2. The maximum Gasteiger partial charge on any atom is 0.189 e. The van der Waals surface area contributed by atoms with E-state index in [4.69, 9.17) is 13.1 Å². The van der Waals surface area contributed by atoms with Gasteiger partial charge in [-0.15, -0.1) is 0 Å². The van der Waals surface area contributed by atoms with E-state index < -0.39 is 0 Å². The lowest BCUT2D eigenvalue weighted by atomic mass is 9.97. The summed E-state index contributed by atoms with van der Waals surface area (Å²) in [5, 5.41) is 44.3. The SMILES string of the molecule is [C-]#[N+]c1ccc2c3ccc(C#N)cc3n(-c3cc(-c4cc(C)cc(C#N)c4)cc(-n4c5cc(C#N)ccc5c5ccc([N+]#[C-])cc54)c3C#N)c2c1. The van der Waals surface area contributed by atoms with E-state index in [-0.39, 0.29) is 5.56 Å². The molecule has 8 rings (SSSR count). The Balaban J connectivity index is 1.62. The standard InChI is InChI=1S/C43H20N8/c1-25-12-28(23-46)14-29(13-25)30-17-40(50-38-15-26(21-44)4-8-33(38)35-10-6-31(48-2)19-42(35)50)37(24-47)41(18-30)51-39-16-27(22-45)5-9-34(39)36-11-7-32(49-3)20-43(36)51/h4-20H,1H3. The number of aryl methyl sites for hydroxylation is 1. The van der Waals surface area contributed by atoms with Gasteiger partial charge in [-0.3, -0.25) is 0 Å². The molecule has 0 aliphatic rings. The fraction of sp³-hybridized carbons (Fsp3) is 0.0233. The molecule has 0 saturated carbocycles. The van der Waals surface area contributed by atoms with Crippen LogP contribution in [0.4, 0.5) is 11.4 Å². The molecule has 6 aromatic carbocycles. The fourth-order valence-corrected chi connectivity index (χ4v) is 7.07. The highest BCUT2D eigenvalue weighted by Crippen LogP contribution is 2.42. The highest BCUT2D eigenvalue weighted by Gasteiger charge is 2.23. The highest BCUT2D eigenvalue weighted by molar-refractivity contribution is 6.12. The Labute approximate surface area is 291 Å². The van der Waals surface area contributed by atoms with Crippen LogP contribution in [-0.2, 0) is 0 Å². The van der Waals surface area contributed by atoms with Crippen molar-refractivity contribution in [3.63, 3.8) is 0 Å². The average Bonchev–Trinajstić information content (AvgIpc) is 3.67. The number of fused-ring (bicyclic) bond motifs is 6. The molecule has 0 fully saturated rings. The molecule has 0 aliphatic heterocycles. The van der Waals surface area contributed by atoms with E-state index in [1.165, 1.54) is 0 Å². The minimum Gasteiger partial charge on any atom is -0.309 e. The molecule has 0 saturated heterocycles. The molecule has 0 radical (unpaired) electrons. The summed E-state index contributed by atoms with van der Waals surface area (Å²) in [6.45, 7) is 17.5. The lowest BCUT2D eigenvalue weighted by Gasteiger charge is -2.19. The van der Waals surface area contributed by atoms with Gasteiger partial charge in [0.1, 0.15) is 11.6 Å². The Bertz CT molecular complexity index is 2800. The molecule has 232 valence electrons. The molecule has 0 bridgehead atoms. The Morgan fingerprint density at radius 1 is 0.471 bits per heavy atom. The van der Waals surface area contributed by atoms with Crippen LogP contribution in [0.1, 0.15) is 27.8 Å². The van der Waals surface area contributed by atoms with Crippen molar-refractivity contribution >= 4 is 55.0 Å². The smallest absolute Gasteiger partial charge is 0.189 e. The van der Waals surface area contributed by atoms with Crippen molar-refractivity contribution < 1.29 is 0 Å². The van der Waals surface area contributed by atoms with E-state index in [0.29, 0.717) is 67.1 Å². The summed E-state index contributed by atoms with van der Waals surface area (Å²) in [5.74, 6) is 0. The number of aromatic nitrogens is 2. The zero-order chi connectivity index (χ0) is 35.4. The predicted octanol–water partition coefficient (Wildman–Crippen LogP) is 10.4. The first-order valence-electron chi connectivity index (χ1n) is 15.7. The number of hydrogen-bond donors (Lipinski definition) is 0. The van der Waals surface area contributed by atoms with Gasteiger partial charge < -0.3 is 9.13 Å². The molecule has 2 heterocycles. The third kappa shape index (κ3) is 4.63. The molecular weight excluding hydrogens is 629 g/mol. The van der Waals surface area contributed by atoms with E-state index in [2.05, 4.69) is 34.0 Å². The Morgan fingerprint density at radius 3 is 1.33 bits per heavy atom. The Morgan fingerprint density at radius 2 is 0.902 bits per heavy atom. The minimum absolute atomic E-state index is 0.288. The van der Waals surface area contributed by atoms with Gasteiger partial charge in [0, 0.05) is 32.6 Å². The van der Waals surface area contributed by atoms with Crippen LogP contribution in [-0.4, -0.2) is 9.13 Å². The topological polar surface area (TPSA) is 114 Å². The van der Waals surface area contributed by atoms with Crippen molar-refractivity contribution in [2.24, 2.45) is 0 Å². The lowest BCUT2D eigenvalue weighted by Crippen LogP contribution is -2.05. The highest BCUT2D eigenvalue weighted by atomic mass is 15.0. The summed E-state index contributed by atoms with van der Waals surface area (Å²) < 4.78 is 3.85. The molecule has 8 aromatic rings. The summed E-state index contributed by atoms with van der Waals surface area (Å²) in [5.41, 5.74) is 8.50. The lowest BCUT2D eigenvalue weighted by molar-refractivity contribution is 1.12. The molecule has 0 spiro atoms. The maximum absolute atomic E-state index is 11.2. The number of hydrogen-bond acceptors (Lipinski definition) is 4. The van der Waals surface area contributed by atoms with E-state index in [1.807, 2.05) is 58.5 Å². The summed E-state index contributed by atoms with van der Waals surface area (Å²) >= 11 is 0. The second-order valence-electron chi connectivity index (χ2n) is 12.2. The van der Waals surface area contributed by atoms with Crippen LogP contribution in [0.15, 0.2) is 103 Å². The van der Waals surface area contributed by atoms with Crippen LogP contribution in [0.3, 0.4) is 0 Å². The van der Waals surface area contributed by atoms with Gasteiger partial charge in [-0.05, 0) is 84.3 Å². The molecule has 8 heteroatoms. The maximum atomic E-state index is 11.2. The van der Waals surface area contributed by atoms with Gasteiger partial charge in [0.2, 0.25) is 0 Å². The largest absolute Gasteiger partial charge is 0.309 e. The molecule has 8 nitrogen and oxygen atoms in total. The molecule has 0 aliphatic carbocycles. The fourth-order valence-electron chi connectivity index (χ4n) is 7.07.